The number of rotatable bonds is 5. The van der Waals surface area contributed by atoms with E-state index < -0.39 is 5.97 Å². The minimum atomic E-state index is -0.478. The van der Waals surface area contributed by atoms with Gasteiger partial charge in [-0.3, -0.25) is 14.5 Å². The van der Waals surface area contributed by atoms with Crippen LogP contribution >= 0.6 is 39.7 Å². The lowest BCUT2D eigenvalue weighted by molar-refractivity contribution is -0.140. The third-order valence-corrected chi connectivity index (χ3v) is 6.52. The summed E-state index contributed by atoms with van der Waals surface area (Å²) in [4.78, 5) is 27.7. The molecule has 1 amide bonds. The van der Waals surface area contributed by atoms with Gasteiger partial charge in [0.15, 0.2) is 5.11 Å². The molecule has 0 aliphatic carbocycles. The van der Waals surface area contributed by atoms with E-state index in [1.807, 2.05) is 48.7 Å². The first-order valence-electron chi connectivity index (χ1n) is 9.69. The highest BCUT2D eigenvalue weighted by Gasteiger charge is 2.37. The lowest BCUT2D eigenvalue weighted by Crippen LogP contribution is -2.33. The van der Waals surface area contributed by atoms with Gasteiger partial charge in [0, 0.05) is 45.8 Å². The SMILES string of the molecule is COC(=O)CN1C(=S)N(C)C(=O)/C1=C/c1cn(Cc2ccc(Cl)cc2)c2ccc(Br)cc12. The molecule has 2 heterocycles. The minimum Gasteiger partial charge on any atom is -0.468 e. The molecule has 1 fully saturated rings. The Bertz CT molecular complexity index is 1270. The van der Waals surface area contributed by atoms with E-state index in [1.165, 1.54) is 16.9 Å². The van der Waals surface area contributed by atoms with Gasteiger partial charge in [-0.1, -0.05) is 39.7 Å². The molecule has 32 heavy (non-hydrogen) atoms. The van der Waals surface area contributed by atoms with Gasteiger partial charge in [0.2, 0.25) is 0 Å². The number of fused-ring (bicyclic) bond motifs is 1. The first-order chi connectivity index (χ1) is 15.3. The Morgan fingerprint density at radius 1 is 1.22 bits per heavy atom. The van der Waals surface area contributed by atoms with E-state index in [0.29, 0.717) is 17.3 Å². The number of carbonyl (C=O) groups excluding carboxylic acids is 2. The average molecular weight is 533 g/mol. The van der Waals surface area contributed by atoms with Crippen LogP contribution < -0.4 is 0 Å². The maximum atomic E-state index is 12.9. The van der Waals surface area contributed by atoms with Crippen molar-refractivity contribution in [1.29, 1.82) is 0 Å². The smallest absolute Gasteiger partial charge is 0.325 e. The highest BCUT2D eigenvalue weighted by atomic mass is 79.9. The van der Waals surface area contributed by atoms with Crippen LogP contribution in [-0.2, 0) is 20.9 Å². The van der Waals surface area contributed by atoms with Crippen LogP contribution in [0.3, 0.4) is 0 Å². The molecule has 1 aromatic heterocycles. The van der Waals surface area contributed by atoms with Gasteiger partial charge >= 0.3 is 5.97 Å². The van der Waals surface area contributed by atoms with Gasteiger partial charge < -0.3 is 14.2 Å². The monoisotopic (exact) mass is 531 g/mol. The number of halogens is 2. The molecule has 4 rings (SSSR count). The van der Waals surface area contributed by atoms with Crippen LogP contribution in [0.25, 0.3) is 17.0 Å². The highest BCUT2D eigenvalue weighted by molar-refractivity contribution is 9.10. The van der Waals surface area contributed by atoms with Crippen molar-refractivity contribution in [2.45, 2.75) is 6.54 Å². The number of likely N-dealkylation sites (N-methyl/N-ethyl adjacent to an activating group) is 1. The maximum Gasteiger partial charge on any atom is 0.325 e. The van der Waals surface area contributed by atoms with E-state index >= 15 is 0 Å². The zero-order valence-corrected chi connectivity index (χ0v) is 20.5. The lowest BCUT2D eigenvalue weighted by Gasteiger charge is -2.16. The van der Waals surface area contributed by atoms with E-state index in [-0.39, 0.29) is 17.6 Å². The van der Waals surface area contributed by atoms with Crippen molar-refractivity contribution in [3.8, 4) is 0 Å². The summed E-state index contributed by atoms with van der Waals surface area (Å²) in [6.45, 7) is 0.501. The molecule has 1 saturated heterocycles. The first kappa shape index (κ1) is 22.5. The fraction of sp³-hybridized carbons (Fsp3) is 0.174. The van der Waals surface area contributed by atoms with Crippen LogP contribution in [0.4, 0.5) is 0 Å². The molecule has 0 saturated carbocycles. The highest BCUT2D eigenvalue weighted by Crippen LogP contribution is 2.30. The van der Waals surface area contributed by atoms with Crippen molar-refractivity contribution in [1.82, 2.24) is 14.4 Å². The molecule has 0 bridgehead atoms. The standard InChI is InChI=1S/C23H19BrClN3O3S/c1-26-22(30)20(28(23(26)32)13-21(29)31-2)9-15-12-27(11-14-3-6-17(25)7-4-14)19-8-5-16(24)10-18(15)19/h3-10,12H,11,13H2,1-2H3/b20-9-. The molecular weight excluding hydrogens is 514 g/mol. The zero-order valence-electron chi connectivity index (χ0n) is 17.3. The number of methoxy groups -OCH3 is 1. The van der Waals surface area contributed by atoms with Gasteiger partial charge in [-0.05, 0) is 54.2 Å². The van der Waals surface area contributed by atoms with E-state index in [2.05, 4.69) is 20.5 Å². The van der Waals surface area contributed by atoms with Crippen molar-refractivity contribution in [3.05, 3.63) is 75.0 Å². The Morgan fingerprint density at radius 3 is 2.62 bits per heavy atom. The Morgan fingerprint density at radius 2 is 1.94 bits per heavy atom. The molecule has 2 aromatic carbocycles. The topological polar surface area (TPSA) is 54.8 Å². The van der Waals surface area contributed by atoms with Crippen molar-refractivity contribution in [2.24, 2.45) is 0 Å². The number of benzene rings is 2. The molecule has 0 atom stereocenters. The number of aromatic nitrogens is 1. The van der Waals surface area contributed by atoms with Crippen molar-refractivity contribution in [3.63, 3.8) is 0 Å². The number of hydrogen-bond acceptors (Lipinski definition) is 4. The fourth-order valence-corrected chi connectivity index (χ4v) is 4.35. The maximum absolute atomic E-state index is 12.9. The quantitative estimate of drug-likeness (QED) is 0.271. The van der Waals surface area contributed by atoms with Crippen LogP contribution in [0.5, 0.6) is 0 Å². The van der Waals surface area contributed by atoms with Crippen molar-refractivity contribution < 1.29 is 14.3 Å². The number of thiocarbonyl (C=S) groups is 1. The normalized spacial score (nSPS) is 15.3. The summed E-state index contributed by atoms with van der Waals surface area (Å²) in [6, 6.07) is 13.7. The van der Waals surface area contributed by atoms with Gasteiger partial charge in [0.25, 0.3) is 5.91 Å². The second-order valence-electron chi connectivity index (χ2n) is 7.34. The molecule has 3 aromatic rings. The van der Waals surface area contributed by atoms with Gasteiger partial charge in [-0.15, -0.1) is 0 Å². The van der Waals surface area contributed by atoms with Crippen LogP contribution in [0.2, 0.25) is 5.02 Å². The molecule has 0 radical (unpaired) electrons. The third kappa shape index (κ3) is 4.30. The number of nitrogens with zero attached hydrogens (tertiary/aromatic N) is 3. The summed E-state index contributed by atoms with van der Waals surface area (Å²) in [5.41, 5.74) is 3.27. The second-order valence-corrected chi connectivity index (χ2v) is 9.06. The zero-order chi connectivity index (χ0) is 23.0. The molecule has 0 unspecified atom stereocenters. The fourth-order valence-electron chi connectivity index (χ4n) is 3.62. The Hall–Kier alpha value is -2.68. The summed E-state index contributed by atoms with van der Waals surface area (Å²) >= 11 is 14.9. The van der Waals surface area contributed by atoms with E-state index in [4.69, 9.17) is 28.6 Å². The van der Waals surface area contributed by atoms with E-state index in [1.54, 1.807) is 13.1 Å². The van der Waals surface area contributed by atoms with Crippen molar-refractivity contribution in [2.75, 3.05) is 20.7 Å². The summed E-state index contributed by atoms with van der Waals surface area (Å²) in [5.74, 6) is -0.748. The predicted molar refractivity (Wildman–Crippen MR) is 132 cm³/mol. The summed E-state index contributed by atoms with van der Waals surface area (Å²) in [6.07, 6.45) is 3.76. The molecule has 1 aliphatic rings. The van der Waals surface area contributed by atoms with E-state index in [0.717, 1.165) is 26.5 Å². The van der Waals surface area contributed by atoms with Gasteiger partial charge in [-0.25, -0.2) is 0 Å². The molecule has 0 spiro atoms. The minimum absolute atomic E-state index is 0.135. The number of amides is 1. The van der Waals surface area contributed by atoms with Gasteiger partial charge in [0.1, 0.15) is 12.2 Å². The van der Waals surface area contributed by atoms with Crippen LogP contribution in [0.1, 0.15) is 11.1 Å². The van der Waals surface area contributed by atoms with Crippen LogP contribution in [0, 0.1) is 0 Å². The largest absolute Gasteiger partial charge is 0.468 e. The summed E-state index contributed by atoms with van der Waals surface area (Å²) in [7, 11) is 2.90. The van der Waals surface area contributed by atoms with Gasteiger partial charge in [0.05, 0.1) is 7.11 Å². The predicted octanol–water partition coefficient (Wildman–Crippen LogP) is 4.68. The number of ether oxygens (including phenoxy) is 1. The molecular formula is C23H19BrClN3O3S. The number of hydrogen-bond donors (Lipinski definition) is 0. The average Bonchev–Trinajstić information content (AvgIpc) is 3.20. The summed E-state index contributed by atoms with van der Waals surface area (Å²) in [5, 5.41) is 1.91. The molecule has 6 nitrogen and oxygen atoms in total. The number of esters is 1. The second kappa shape index (κ2) is 9.05. The van der Waals surface area contributed by atoms with Crippen molar-refractivity contribution >= 4 is 73.7 Å². The first-order valence-corrected chi connectivity index (χ1v) is 11.3. The Kier molecular flexibility index (Phi) is 6.37. The summed E-state index contributed by atoms with van der Waals surface area (Å²) < 4.78 is 7.81. The third-order valence-electron chi connectivity index (χ3n) is 5.28. The molecule has 164 valence electrons. The molecule has 9 heteroatoms. The molecule has 1 aliphatic heterocycles. The van der Waals surface area contributed by atoms with Crippen LogP contribution in [-0.4, -0.2) is 52.1 Å². The van der Waals surface area contributed by atoms with Gasteiger partial charge in [-0.2, -0.15) is 0 Å². The Balaban J connectivity index is 1.80. The molecule has 0 N–H and O–H groups in total. The number of carbonyl (C=O) groups is 2. The van der Waals surface area contributed by atoms with Crippen LogP contribution in [0.15, 0.2) is 58.8 Å². The van der Waals surface area contributed by atoms with E-state index in [9.17, 15) is 9.59 Å². The lowest BCUT2D eigenvalue weighted by atomic mass is 10.1. The Labute approximate surface area is 204 Å².